The molecule has 0 atom stereocenters. The van der Waals surface area contributed by atoms with Crippen molar-refractivity contribution in [2.45, 2.75) is 4.90 Å². The van der Waals surface area contributed by atoms with Gasteiger partial charge >= 0.3 is 5.97 Å². The van der Waals surface area contributed by atoms with E-state index in [1.807, 2.05) is 42.5 Å². The molecule has 5 nitrogen and oxygen atoms in total. The zero-order valence-electron chi connectivity index (χ0n) is 15.2. The molecule has 0 bridgehead atoms. The molecule has 28 heavy (non-hydrogen) atoms. The summed E-state index contributed by atoms with van der Waals surface area (Å²) in [6.07, 6.45) is 1.67. The largest absolute Gasteiger partial charge is 0.468 e. The Balaban J connectivity index is 1.48. The van der Waals surface area contributed by atoms with Gasteiger partial charge in [-0.2, -0.15) is 0 Å². The molecule has 1 N–H and O–H groups in total. The van der Waals surface area contributed by atoms with Crippen LogP contribution in [0.2, 0.25) is 0 Å². The van der Waals surface area contributed by atoms with Crippen LogP contribution < -0.4 is 4.72 Å². The molecule has 0 aliphatic rings. The molecule has 0 saturated carbocycles. The van der Waals surface area contributed by atoms with Crippen molar-refractivity contribution >= 4 is 28.7 Å². The minimum absolute atomic E-state index is 0.154. The topological polar surface area (TPSA) is 64.4 Å². The van der Waals surface area contributed by atoms with Crippen LogP contribution in [0, 0.1) is 0 Å². The second kappa shape index (κ2) is 8.29. The fraction of sp³-hybridized carbons (Fsp3) is 0.0909. The van der Waals surface area contributed by atoms with Gasteiger partial charge in [0.2, 0.25) is 5.89 Å². The van der Waals surface area contributed by atoms with Gasteiger partial charge in [-0.15, -0.1) is 0 Å². The summed E-state index contributed by atoms with van der Waals surface area (Å²) in [6.45, 7) is 0.154. The minimum Gasteiger partial charge on any atom is -0.468 e. The van der Waals surface area contributed by atoms with Gasteiger partial charge < -0.3 is 9.15 Å². The lowest BCUT2D eigenvalue weighted by molar-refractivity contribution is -0.139. The predicted molar refractivity (Wildman–Crippen MR) is 111 cm³/mol. The first-order valence-electron chi connectivity index (χ1n) is 8.74. The Kier molecular flexibility index (Phi) is 5.41. The summed E-state index contributed by atoms with van der Waals surface area (Å²) in [4.78, 5) is 16.7. The normalized spacial score (nSPS) is 10.9. The van der Waals surface area contributed by atoms with Crippen LogP contribution in [0.15, 0.2) is 82.3 Å². The third kappa shape index (κ3) is 4.08. The predicted octanol–water partition coefficient (Wildman–Crippen LogP) is 4.93. The van der Waals surface area contributed by atoms with Crippen molar-refractivity contribution in [2.24, 2.45) is 0 Å². The lowest BCUT2D eigenvalue weighted by Gasteiger charge is -2.03. The number of carbonyl (C=O) groups is 1. The summed E-state index contributed by atoms with van der Waals surface area (Å²) in [5, 5.41) is 2.34. The van der Waals surface area contributed by atoms with Gasteiger partial charge in [0.05, 0.1) is 7.11 Å². The Morgan fingerprint density at radius 1 is 1.04 bits per heavy atom. The highest BCUT2D eigenvalue weighted by Crippen LogP contribution is 2.28. The number of fused-ring (bicyclic) bond motifs is 1. The number of hydrogen-bond acceptors (Lipinski definition) is 6. The average molecular weight is 390 g/mol. The van der Waals surface area contributed by atoms with E-state index in [1.54, 1.807) is 6.26 Å². The first-order valence-corrected chi connectivity index (χ1v) is 9.56. The summed E-state index contributed by atoms with van der Waals surface area (Å²) in [7, 11) is 1.37. The molecule has 0 saturated heterocycles. The zero-order valence-corrected chi connectivity index (χ0v) is 16.0. The van der Waals surface area contributed by atoms with E-state index in [-0.39, 0.29) is 12.5 Å². The van der Waals surface area contributed by atoms with E-state index in [1.165, 1.54) is 24.4 Å². The van der Waals surface area contributed by atoms with Crippen molar-refractivity contribution < 1.29 is 13.9 Å². The molecule has 6 heteroatoms. The number of nitrogens with zero attached hydrogens (tertiary/aromatic N) is 1. The fourth-order valence-corrected chi connectivity index (χ4v) is 3.43. The number of aromatic nitrogens is 1. The molecule has 0 amide bonds. The Morgan fingerprint density at radius 2 is 1.79 bits per heavy atom. The molecule has 0 aliphatic heterocycles. The van der Waals surface area contributed by atoms with E-state index in [0.717, 1.165) is 27.1 Å². The van der Waals surface area contributed by atoms with Crippen molar-refractivity contribution in [3.05, 3.63) is 73.0 Å². The van der Waals surface area contributed by atoms with Crippen LogP contribution in [0.4, 0.5) is 0 Å². The first kappa shape index (κ1) is 18.3. The highest BCUT2D eigenvalue weighted by atomic mass is 32.2. The van der Waals surface area contributed by atoms with Gasteiger partial charge in [-0.05, 0) is 47.0 Å². The van der Waals surface area contributed by atoms with Crippen molar-refractivity contribution in [1.29, 1.82) is 0 Å². The number of ether oxygens (including phenoxy) is 1. The SMILES string of the molecule is COC(=O)CNSc1ccc(-c2coc(-c3ccc4ccccc4c3)n2)cc1. The molecular weight excluding hydrogens is 372 g/mol. The van der Waals surface area contributed by atoms with E-state index >= 15 is 0 Å². The fourth-order valence-electron chi connectivity index (χ4n) is 2.81. The molecule has 4 rings (SSSR count). The molecule has 140 valence electrons. The number of nitrogens with one attached hydrogen (secondary N) is 1. The molecule has 4 aromatic rings. The third-order valence-corrected chi connectivity index (χ3v) is 5.08. The number of hydrogen-bond donors (Lipinski definition) is 1. The van der Waals surface area contributed by atoms with Crippen LogP contribution in [-0.4, -0.2) is 24.6 Å². The van der Waals surface area contributed by atoms with Crippen LogP contribution in [0.5, 0.6) is 0 Å². The number of methoxy groups -OCH3 is 1. The first-order chi connectivity index (χ1) is 13.7. The maximum Gasteiger partial charge on any atom is 0.320 e. The number of esters is 1. The quantitative estimate of drug-likeness (QED) is 0.372. The maximum absolute atomic E-state index is 11.1. The van der Waals surface area contributed by atoms with E-state index in [9.17, 15) is 4.79 Å². The highest BCUT2D eigenvalue weighted by molar-refractivity contribution is 7.97. The molecule has 0 spiro atoms. The summed E-state index contributed by atoms with van der Waals surface area (Å²) >= 11 is 1.38. The molecular formula is C22H18N2O3S. The third-order valence-electron chi connectivity index (χ3n) is 4.28. The summed E-state index contributed by atoms with van der Waals surface area (Å²) < 4.78 is 13.3. The Hall–Kier alpha value is -3.09. The maximum atomic E-state index is 11.1. The summed E-state index contributed by atoms with van der Waals surface area (Å²) in [5.41, 5.74) is 2.69. The van der Waals surface area contributed by atoms with Gasteiger partial charge in [-0.1, -0.05) is 42.5 Å². The van der Waals surface area contributed by atoms with E-state index in [0.29, 0.717) is 5.89 Å². The minimum atomic E-state index is -0.298. The monoisotopic (exact) mass is 390 g/mol. The number of oxazole rings is 1. The second-order valence-electron chi connectivity index (χ2n) is 6.12. The van der Waals surface area contributed by atoms with E-state index in [2.05, 4.69) is 38.7 Å². The molecule has 0 radical (unpaired) electrons. The second-order valence-corrected chi connectivity index (χ2v) is 7.09. The van der Waals surface area contributed by atoms with Gasteiger partial charge in [0.15, 0.2) is 0 Å². The summed E-state index contributed by atoms with van der Waals surface area (Å²) in [6, 6.07) is 22.3. The van der Waals surface area contributed by atoms with Gasteiger partial charge in [-0.25, -0.2) is 9.71 Å². The standard InChI is InChI=1S/C22H18N2O3S/c1-26-21(25)13-23-28-19-10-8-16(9-11-19)20-14-27-22(24-20)18-7-6-15-4-2-3-5-17(15)12-18/h2-12,14,23H,13H2,1H3. The Bertz CT molecular complexity index is 1110. The molecule has 3 aromatic carbocycles. The Labute approximate surface area is 166 Å². The number of carbonyl (C=O) groups excluding carboxylic acids is 1. The van der Waals surface area contributed by atoms with Gasteiger partial charge in [0.1, 0.15) is 18.5 Å². The van der Waals surface area contributed by atoms with Gasteiger partial charge in [0, 0.05) is 16.0 Å². The smallest absolute Gasteiger partial charge is 0.320 e. The highest BCUT2D eigenvalue weighted by Gasteiger charge is 2.09. The van der Waals surface area contributed by atoms with Gasteiger partial charge in [0.25, 0.3) is 0 Å². The summed E-state index contributed by atoms with van der Waals surface area (Å²) in [5.74, 6) is 0.298. The van der Waals surface area contributed by atoms with Crippen molar-refractivity contribution in [3.8, 4) is 22.7 Å². The van der Waals surface area contributed by atoms with Crippen molar-refractivity contribution in [3.63, 3.8) is 0 Å². The van der Waals surface area contributed by atoms with Gasteiger partial charge in [-0.3, -0.25) is 4.79 Å². The average Bonchev–Trinajstić information content (AvgIpc) is 3.24. The van der Waals surface area contributed by atoms with E-state index < -0.39 is 0 Å². The van der Waals surface area contributed by atoms with Crippen LogP contribution in [-0.2, 0) is 9.53 Å². The van der Waals surface area contributed by atoms with Crippen LogP contribution in [0.1, 0.15) is 0 Å². The molecule has 1 aromatic heterocycles. The lowest BCUT2D eigenvalue weighted by atomic mass is 10.1. The lowest BCUT2D eigenvalue weighted by Crippen LogP contribution is -2.17. The van der Waals surface area contributed by atoms with E-state index in [4.69, 9.17) is 4.42 Å². The van der Waals surface area contributed by atoms with Crippen LogP contribution in [0.3, 0.4) is 0 Å². The van der Waals surface area contributed by atoms with Crippen LogP contribution >= 0.6 is 11.9 Å². The zero-order chi connectivity index (χ0) is 19.3. The number of rotatable bonds is 6. The van der Waals surface area contributed by atoms with Crippen molar-refractivity contribution in [1.82, 2.24) is 9.71 Å². The Morgan fingerprint density at radius 3 is 2.57 bits per heavy atom. The number of benzene rings is 3. The van der Waals surface area contributed by atoms with Crippen LogP contribution in [0.25, 0.3) is 33.5 Å². The van der Waals surface area contributed by atoms with Crippen molar-refractivity contribution in [2.75, 3.05) is 13.7 Å². The molecule has 0 aliphatic carbocycles. The molecule has 1 heterocycles. The molecule has 0 fully saturated rings. The molecule has 0 unspecified atom stereocenters.